The fourth-order valence-corrected chi connectivity index (χ4v) is 4.57. The second kappa shape index (κ2) is 6.25. The van der Waals surface area contributed by atoms with Gasteiger partial charge in [0.1, 0.15) is 0 Å². The lowest BCUT2D eigenvalue weighted by Crippen LogP contribution is -2.70. The van der Waals surface area contributed by atoms with Crippen LogP contribution in [-0.4, -0.2) is 37.7 Å². The molecule has 3 atom stereocenters. The third-order valence-corrected chi connectivity index (χ3v) is 5.89. The summed E-state index contributed by atoms with van der Waals surface area (Å²) < 4.78 is 5.90. The fraction of sp³-hybridized carbons (Fsp3) is 0.941. The van der Waals surface area contributed by atoms with E-state index in [1.54, 1.807) is 0 Å². The van der Waals surface area contributed by atoms with Crippen molar-refractivity contribution in [3.8, 4) is 0 Å². The highest BCUT2D eigenvalue weighted by molar-refractivity contribution is 5.76. The summed E-state index contributed by atoms with van der Waals surface area (Å²) in [5, 5.41) is 6.69. The molecule has 2 heterocycles. The molecule has 0 aromatic carbocycles. The number of ether oxygens (including phenoxy) is 1. The van der Waals surface area contributed by atoms with Gasteiger partial charge in [0.25, 0.3) is 0 Å². The van der Waals surface area contributed by atoms with Gasteiger partial charge in [0, 0.05) is 30.4 Å². The summed E-state index contributed by atoms with van der Waals surface area (Å²) in [5.74, 6) is 1.52. The van der Waals surface area contributed by atoms with E-state index < -0.39 is 0 Å². The molecule has 3 aliphatic rings. The number of hydrogen-bond donors (Lipinski definition) is 2. The van der Waals surface area contributed by atoms with Gasteiger partial charge in [-0.05, 0) is 51.1 Å². The lowest BCUT2D eigenvalue weighted by Gasteiger charge is -2.59. The summed E-state index contributed by atoms with van der Waals surface area (Å²) in [6.07, 6.45) is 6.87. The van der Waals surface area contributed by atoms with Gasteiger partial charge in [0.15, 0.2) is 0 Å². The molecule has 120 valence electrons. The average molecular weight is 294 g/mol. The Bertz CT molecular complexity index is 377. The minimum Gasteiger partial charge on any atom is -0.377 e. The van der Waals surface area contributed by atoms with Crippen LogP contribution < -0.4 is 10.6 Å². The highest BCUT2D eigenvalue weighted by atomic mass is 16.5. The minimum atomic E-state index is 0.0928. The van der Waals surface area contributed by atoms with Crippen LogP contribution in [0.1, 0.15) is 52.4 Å². The highest BCUT2D eigenvalue weighted by Crippen LogP contribution is 2.51. The number of fused-ring (bicyclic) bond motifs is 1. The molecule has 3 unspecified atom stereocenters. The van der Waals surface area contributed by atoms with E-state index >= 15 is 0 Å². The lowest BCUT2D eigenvalue weighted by molar-refractivity contribution is -0.193. The Hall–Kier alpha value is -0.610. The summed E-state index contributed by atoms with van der Waals surface area (Å²) >= 11 is 0. The van der Waals surface area contributed by atoms with Crippen molar-refractivity contribution in [2.75, 3.05) is 19.7 Å². The summed E-state index contributed by atoms with van der Waals surface area (Å²) in [5.41, 5.74) is 0.0928. The maximum atomic E-state index is 12.3. The molecule has 4 nitrogen and oxygen atoms in total. The number of rotatable bonds is 4. The zero-order valence-electron chi connectivity index (χ0n) is 13.5. The highest BCUT2D eigenvalue weighted by Gasteiger charge is 2.58. The first kappa shape index (κ1) is 15.3. The second-order valence-corrected chi connectivity index (χ2v) is 7.70. The third kappa shape index (κ3) is 3.11. The molecule has 4 heteroatoms. The summed E-state index contributed by atoms with van der Waals surface area (Å²) in [4.78, 5) is 12.3. The van der Waals surface area contributed by atoms with Crippen molar-refractivity contribution < 1.29 is 9.53 Å². The number of nitrogens with one attached hydrogen (secondary N) is 2. The number of amides is 1. The van der Waals surface area contributed by atoms with Crippen molar-refractivity contribution in [2.45, 2.75) is 64.5 Å². The molecular formula is C17H30N2O2. The number of carbonyl (C=O) groups excluding carboxylic acids is 1. The Morgan fingerprint density at radius 3 is 2.81 bits per heavy atom. The first-order valence-electron chi connectivity index (χ1n) is 8.70. The fourth-order valence-electron chi connectivity index (χ4n) is 4.57. The van der Waals surface area contributed by atoms with Gasteiger partial charge in [-0.1, -0.05) is 13.8 Å². The number of carbonyl (C=O) groups is 1. The smallest absolute Gasteiger partial charge is 0.220 e. The molecule has 1 aliphatic carbocycles. The molecule has 2 aliphatic heterocycles. The van der Waals surface area contributed by atoms with Crippen LogP contribution in [0.4, 0.5) is 0 Å². The van der Waals surface area contributed by atoms with Crippen LogP contribution in [0.25, 0.3) is 0 Å². The van der Waals surface area contributed by atoms with E-state index in [0.717, 1.165) is 38.5 Å². The predicted octanol–water partition coefficient (Wildman–Crippen LogP) is 2.09. The Labute approximate surface area is 128 Å². The summed E-state index contributed by atoms with van der Waals surface area (Å²) in [7, 11) is 0. The molecule has 2 N–H and O–H groups in total. The molecule has 0 aromatic heterocycles. The van der Waals surface area contributed by atoms with Crippen LogP contribution >= 0.6 is 0 Å². The largest absolute Gasteiger partial charge is 0.377 e. The van der Waals surface area contributed by atoms with Gasteiger partial charge < -0.3 is 15.4 Å². The summed E-state index contributed by atoms with van der Waals surface area (Å²) in [6, 6.07) is 0.309. The molecule has 2 saturated heterocycles. The van der Waals surface area contributed by atoms with E-state index in [4.69, 9.17) is 4.74 Å². The summed E-state index contributed by atoms with van der Waals surface area (Å²) in [6.45, 7) is 7.58. The second-order valence-electron chi connectivity index (χ2n) is 7.70. The maximum Gasteiger partial charge on any atom is 0.220 e. The normalized spacial score (nSPS) is 35.6. The van der Waals surface area contributed by atoms with Crippen molar-refractivity contribution in [3.63, 3.8) is 0 Å². The third-order valence-electron chi connectivity index (χ3n) is 5.89. The van der Waals surface area contributed by atoms with E-state index in [1.165, 1.54) is 19.3 Å². The van der Waals surface area contributed by atoms with Crippen molar-refractivity contribution >= 4 is 5.91 Å². The molecular weight excluding hydrogens is 264 g/mol. The predicted molar refractivity (Wildman–Crippen MR) is 83.0 cm³/mol. The van der Waals surface area contributed by atoms with Crippen LogP contribution in [0.2, 0.25) is 0 Å². The molecule has 21 heavy (non-hydrogen) atoms. The zero-order valence-corrected chi connectivity index (χ0v) is 13.5. The SMILES string of the molecule is CC1(C)C(NC(=O)CCC2CCNCC2)C2CCCOC21. The van der Waals surface area contributed by atoms with Crippen molar-refractivity contribution in [2.24, 2.45) is 17.3 Å². The average Bonchev–Trinajstić information content (AvgIpc) is 2.51. The van der Waals surface area contributed by atoms with Crippen LogP contribution in [0.15, 0.2) is 0 Å². The van der Waals surface area contributed by atoms with Crippen LogP contribution in [0.5, 0.6) is 0 Å². The standard InChI is InChI=1S/C17H30N2O2/c1-17(2)15(13-4-3-11-21-16(13)17)19-14(20)6-5-12-7-9-18-10-8-12/h12-13,15-16,18H,3-11H2,1-2H3,(H,19,20). The maximum absolute atomic E-state index is 12.3. The molecule has 0 bridgehead atoms. The van der Waals surface area contributed by atoms with E-state index in [-0.39, 0.29) is 11.3 Å². The van der Waals surface area contributed by atoms with E-state index in [0.29, 0.717) is 24.5 Å². The Kier molecular flexibility index (Phi) is 4.55. The first-order valence-corrected chi connectivity index (χ1v) is 8.70. The van der Waals surface area contributed by atoms with Crippen molar-refractivity contribution in [1.29, 1.82) is 0 Å². The number of hydrogen-bond acceptors (Lipinski definition) is 3. The number of piperidine rings is 1. The quantitative estimate of drug-likeness (QED) is 0.835. The van der Waals surface area contributed by atoms with Crippen LogP contribution in [0.3, 0.4) is 0 Å². The lowest BCUT2D eigenvalue weighted by atomic mass is 9.55. The minimum absolute atomic E-state index is 0.0928. The van der Waals surface area contributed by atoms with Crippen LogP contribution in [0, 0.1) is 17.3 Å². The zero-order chi connectivity index (χ0) is 14.9. The van der Waals surface area contributed by atoms with Crippen molar-refractivity contribution in [1.82, 2.24) is 10.6 Å². The van der Waals surface area contributed by atoms with Gasteiger partial charge in [-0.3, -0.25) is 4.79 Å². The van der Waals surface area contributed by atoms with Gasteiger partial charge >= 0.3 is 0 Å². The topological polar surface area (TPSA) is 50.4 Å². The van der Waals surface area contributed by atoms with E-state index in [1.807, 2.05) is 0 Å². The molecule has 0 spiro atoms. The van der Waals surface area contributed by atoms with E-state index in [9.17, 15) is 4.79 Å². The van der Waals surface area contributed by atoms with Gasteiger partial charge in [-0.2, -0.15) is 0 Å². The van der Waals surface area contributed by atoms with Crippen LogP contribution in [-0.2, 0) is 9.53 Å². The van der Waals surface area contributed by atoms with E-state index in [2.05, 4.69) is 24.5 Å². The van der Waals surface area contributed by atoms with Gasteiger partial charge in [-0.15, -0.1) is 0 Å². The van der Waals surface area contributed by atoms with Crippen molar-refractivity contribution in [3.05, 3.63) is 0 Å². The molecule has 1 amide bonds. The molecule has 3 rings (SSSR count). The molecule has 3 fully saturated rings. The first-order chi connectivity index (χ1) is 10.1. The molecule has 0 aromatic rings. The Balaban J connectivity index is 1.45. The molecule has 1 saturated carbocycles. The molecule has 0 radical (unpaired) electrons. The Morgan fingerprint density at radius 2 is 2.05 bits per heavy atom. The monoisotopic (exact) mass is 294 g/mol. The van der Waals surface area contributed by atoms with Gasteiger partial charge in [0.05, 0.1) is 6.10 Å². The van der Waals surface area contributed by atoms with Gasteiger partial charge in [-0.25, -0.2) is 0 Å². The Morgan fingerprint density at radius 1 is 1.29 bits per heavy atom. The van der Waals surface area contributed by atoms with Gasteiger partial charge in [0.2, 0.25) is 5.91 Å².